The van der Waals surface area contributed by atoms with Gasteiger partial charge in [0.1, 0.15) is 4.21 Å². The summed E-state index contributed by atoms with van der Waals surface area (Å²) in [4.78, 5) is 0.996. The van der Waals surface area contributed by atoms with Crippen molar-refractivity contribution in [1.29, 1.82) is 0 Å². The van der Waals surface area contributed by atoms with Gasteiger partial charge < -0.3 is 10.9 Å². The maximum absolute atomic E-state index is 12.2. The number of aryl methyl sites for hydroxylation is 1. The number of oxime groups is 1. The number of rotatable bonds is 7. The van der Waals surface area contributed by atoms with Crippen molar-refractivity contribution < 1.29 is 13.6 Å². The van der Waals surface area contributed by atoms with Gasteiger partial charge >= 0.3 is 0 Å². The van der Waals surface area contributed by atoms with Gasteiger partial charge in [0.15, 0.2) is 5.84 Å². The molecule has 1 heterocycles. The summed E-state index contributed by atoms with van der Waals surface area (Å²) in [5.74, 6) is -0.127. The molecular formula is C11H19N3O3S2. The van der Waals surface area contributed by atoms with Crippen molar-refractivity contribution in [3.8, 4) is 0 Å². The fourth-order valence-electron chi connectivity index (χ4n) is 1.56. The predicted molar refractivity (Wildman–Crippen MR) is 76.1 cm³/mol. The highest BCUT2D eigenvalue weighted by molar-refractivity contribution is 7.91. The Morgan fingerprint density at radius 1 is 1.53 bits per heavy atom. The van der Waals surface area contributed by atoms with E-state index >= 15 is 0 Å². The van der Waals surface area contributed by atoms with E-state index in [0.29, 0.717) is 12.8 Å². The molecular weight excluding hydrogens is 286 g/mol. The number of amidine groups is 1. The largest absolute Gasteiger partial charge is 0.409 e. The number of thiophene rings is 1. The van der Waals surface area contributed by atoms with Crippen LogP contribution in [0.3, 0.4) is 0 Å². The van der Waals surface area contributed by atoms with Crippen molar-refractivity contribution in [2.45, 2.75) is 43.4 Å². The summed E-state index contributed by atoms with van der Waals surface area (Å²) in [6.45, 7) is 3.86. The standard InChI is InChI=1S/C11H19N3O3S2/c1-3-5-9(11(12)13-15)14-19(16,17)10-7-6-8(4-2)18-10/h6-7,9,14-15H,3-5H2,1-2H3,(H2,12,13). The summed E-state index contributed by atoms with van der Waals surface area (Å²) in [6.07, 6.45) is 1.98. The van der Waals surface area contributed by atoms with E-state index in [-0.39, 0.29) is 10.0 Å². The van der Waals surface area contributed by atoms with Crippen LogP contribution in [0.15, 0.2) is 21.5 Å². The molecule has 0 aliphatic heterocycles. The minimum atomic E-state index is -3.63. The molecule has 0 saturated carbocycles. The second kappa shape index (κ2) is 6.88. The number of nitrogens with one attached hydrogen (secondary N) is 1. The first-order valence-electron chi connectivity index (χ1n) is 6.03. The first-order chi connectivity index (χ1) is 8.94. The van der Waals surface area contributed by atoms with Crippen molar-refractivity contribution in [2.75, 3.05) is 0 Å². The Kier molecular flexibility index (Phi) is 5.77. The van der Waals surface area contributed by atoms with Crippen LogP contribution in [0.4, 0.5) is 0 Å². The summed E-state index contributed by atoms with van der Waals surface area (Å²) in [7, 11) is -3.63. The molecule has 6 nitrogen and oxygen atoms in total. The second-order valence-electron chi connectivity index (χ2n) is 4.06. The Labute approximate surface area is 117 Å². The zero-order valence-corrected chi connectivity index (χ0v) is 12.6. The Morgan fingerprint density at radius 3 is 2.68 bits per heavy atom. The molecule has 108 valence electrons. The first-order valence-corrected chi connectivity index (χ1v) is 8.33. The van der Waals surface area contributed by atoms with Crippen LogP contribution in [0, 0.1) is 0 Å². The molecule has 0 saturated heterocycles. The van der Waals surface area contributed by atoms with Crippen molar-refractivity contribution in [2.24, 2.45) is 10.9 Å². The van der Waals surface area contributed by atoms with Gasteiger partial charge in [0.2, 0.25) is 0 Å². The molecule has 1 unspecified atom stereocenters. The van der Waals surface area contributed by atoms with Crippen LogP contribution in [0.1, 0.15) is 31.6 Å². The van der Waals surface area contributed by atoms with E-state index in [9.17, 15) is 8.42 Å². The highest BCUT2D eigenvalue weighted by atomic mass is 32.2. The third-order valence-electron chi connectivity index (χ3n) is 2.60. The predicted octanol–water partition coefficient (Wildman–Crippen LogP) is 1.50. The molecule has 8 heteroatoms. The minimum absolute atomic E-state index is 0.127. The zero-order valence-electron chi connectivity index (χ0n) is 11.0. The van der Waals surface area contributed by atoms with E-state index in [2.05, 4.69) is 9.88 Å². The number of sulfonamides is 1. The molecule has 4 N–H and O–H groups in total. The lowest BCUT2D eigenvalue weighted by Crippen LogP contribution is -2.44. The lowest BCUT2D eigenvalue weighted by atomic mass is 10.2. The van der Waals surface area contributed by atoms with Gasteiger partial charge in [0.25, 0.3) is 10.0 Å². The molecule has 19 heavy (non-hydrogen) atoms. The van der Waals surface area contributed by atoms with E-state index in [4.69, 9.17) is 10.9 Å². The summed E-state index contributed by atoms with van der Waals surface area (Å²) in [6, 6.07) is 2.67. The molecule has 0 spiro atoms. The Balaban J connectivity index is 2.93. The molecule has 0 fully saturated rings. The Morgan fingerprint density at radius 2 is 2.21 bits per heavy atom. The van der Waals surface area contributed by atoms with E-state index in [1.807, 2.05) is 13.8 Å². The van der Waals surface area contributed by atoms with Crippen molar-refractivity contribution in [1.82, 2.24) is 4.72 Å². The van der Waals surface area contributed by atoms with E-state index < -0.39 is 16.1 Å². The fourth-order valence-corrected chi connectivity index (χ4v) is 4.12. The van der Waals surface area contributed by atoms with Gasteiger partial charge in [-0.25, -0.2) is 8.42 Å². The third-order valence-corrected chi connectivity index (χ3v) is 5.79. The van der Waals surface area contributed by atoms with Crippen LogP contribution in [-0.4, -0.2) is 25.5 Å². The van der Waals surface area contributed by atoms with Crippen LogP contribution in [-0.2, 0) is 16.4 Å². The van der Waals surface area contributed by atoms with Gasteiger partial charge in [0.05, 0.1) is 6.04 Å². The quantitative estimate of drug-likeness (QED) is 0.307. The highest BCUT2D eigenvalue weighted by Crippen LogP contribution is 2.22. The maximum atomic E-state index is 12.2. The highest BCUT2D eigenvalue weighted by Gasteiger charge is 2.23. The molecule has 0 radical (unpaired) electrons. The van der Waals surface area contributed by atoms with Gasteiger partial charge in [-0.3, -0.25) is 0 Å². The Hall–Kier alpha value is -1.12. The number of nitrogens with two attached hydrogens (primary N) is 1. The minimum Gasteiger partial charge on any atom is -0.409 e. The molecule has 1 rings (SSSR count). The van der Waals surface area contributed by atoms with Crippen molar-refractivity contribution >= 4 is 27.2 Å². The van der Waals surface area contributed by atoms with Crippen LogP contribution in [0.5, 0.6) is 0 Å². The van der Waals surface area contributed by atoms with Crippen molar-refractivity contribution in [3.05, 3.63) is 17.0 Å². The normalized spacial score (nSPS) is 14.5. The summed E-state index contributed by atoms with van der Waals surface area (Å²) < 4.78 is 27.1. The second-order valence-corrected chi connectivity index (χ2v) is 7.17. The molecule has 0 aliphatic rings. The smallest absolute Gasteiger partial charge is 0.250 e. The van der Waals surface area contributed by atoms with Gasteiger partial charge in [-0.05, 0) is 25.0 Å². The SMILES string of the molecule is CCCC(NS(=O)(=O)c1ccc(CC)s1)/C(N)=N/O. The van der Waals surface area contributed by atoms with Gasteiger partial charge in [-0.15, -0.1) is 11.3 Å². The molecule has 1 aromatic heterocycles. The lowest BCUT2D eigenvalue weighted by Gasteiger charge is -2.15. The third kappa shape index (κ3) is 4.19. The topological polar surface area (TPSA) is 105 Å². The lowest BCUT2D eigenvalue weighted by molar-refractivity contribution is 0.315. The van der Waals surface area contributed by atoms with Gasteiger partial charge in [0, 0.05) is 4.88 Å². The monoisotopic (exact) mass is 305 g/mol. The van der Waals surface area contributed by atoms with Crippen LogP contribution >= 0.6 is 11.3 Å². The molecule has 0 bridgehead atoms. The average molecular weight is 305 g/mol. The summed E-state index contributed by atoms with van der Waals surface area (Å²) >= 11 is 1.23. The first kappa shape index (κ1) is 15.9. The van der Waals surface area contributed by atoms with E-state index in [1.165, 1.54) is 11.3 Å². The number of hydrogen-bond donors (Lipinski definition) is 3. The van der Waals surface area contributed by atoms with Gasteiger partial charge in [-0.1, -0.05) is 25.4 Å². The van der Waals surface area contributed by atoms with Crippen LogP contribution in [0.25, 0.3) is 0 Å². The molecule has 0 aromatic carbocycles. The molecule has 1 aromatic rings. The number of hydrogen-bond acceptors (Lipinski definition) is 5. The maximum Gasteiger partial charge on any atom is 0.250 e. The van der Waals surface area contributed by atoms with E-state index in [0.717, 1.165) is 11.3 Å². The zero-order chi connectivity index (χ0) is 14.5. The molecule has 0 aliphatic carbocycles. The van der Waals surface area contributed by atoms with E-state index in [1.54, 1.807) is 12.1 Å². The summed E-state index contributed by atoms with van der Waals surface area (Å²) in [5.41, 5.74) is 5.50. The average Bonchev–Trinajstić information content (AvgIpc) is 2.86. The summed E-state index contributed by atoms with van der Waals surface area (Å²) in [5, 5.41) is 11.5. The Bertz CT molecular complexity index is 537. The fraction of sp³-hybridized carbons (Fsp3) is 0.545. The van der Waals surface area contributed by atoms with Gasteiger partial charge in [-0.2, -0.15) is 4.72 Å². The van der Waals surface area contributed by atoms with Crippen LogP contribution < -0.4 is 10.5 Å². The number of nitrogens with zero attached hydrogens (tertiary/aromatic N) is 1. The van der Waals surface area contributed by atoms with Crippen LogP contribution in [0.2, 0.25) is 0 Å². The molecule has 0 amide bonds. The van der Waals surface area contributed by atoms with Crippen molar-refractivity contribution in [3.63, 3.8) is 0 Å². The molecule has 1 atom stereocenters.